The molecule has 0 radical (unpaired) electrons. The van der Waals surface area contributed by atoms with Crippen LogP contribution in [-0.2, 0) is 4.74 Å². The van der Waals surface area contributed by atoms with Gasteiger partial charge in [-0.1, -0.05) is 0 Å². The van der Waals surface area contributed by atoms with Gasteiger partial charge in [0, 0.05) is 13.1 Å². The number of phenolic OH excluding ortho intramolecular Hbond substituents is 1. The molecule has 0 unspecified atom stereocenters. The summed E-state index contributed by atoms with van der Waals surface area (Å²) >= 11 is 0. The van der Waals surface area contributed by atoms with Crippen molar-refractivity contribution < 1.29 is 24.2 Å². The van der Waals surface area contributed by atoms with Gasteiger partial charge in [-0.2, -0.15) is 0 Å². The van der Waals surface area contributed by atoms with E-state index in [1.165, 1.54) is 19.2 Å². The average Bonchev–Trinajstić information content (AvgIpc) is 2.54. The smallest absolute Gasteiger partial charge is 0.339 e. The van der Waals surface area contributed by atoms with Gasteiger partial charge in [-0.3, -0.25) is 4.79 Å². The van der Waals surface area contributed by atoms with Crippen molar-refractivity contribution in [3.05, 3.63) is 23.3 Å². The molecule has 0 bridgehead atoms. The standard InChI is InChI=1S/C17H23NO5/c1-11(2)23-17(21)13-10-15(22-3)14(19)9-12(13)16(20)18-7-5-4-6-8-18/h9-11,19H,4-8H2,1-3H3. The highest BCUT2D eigenvalue weighted by atomic mass is 16.5. The zero-order valence-corrected chi connectivity index (χ0v) is 13.8. The molecule has 1 aromatic rings. The summed E-state index contributed by atoms with van der Waals surface area (Å²) in [4.78, 5) is 26.7. The third kappa shape index (κ3) is 3.94. The number of phenols is 1. The number of carbonyl (C=O) groups excluding carboxylic acids is 2. The van der Waals surface area contributed by atoms with E-state index in [4.69, 9.17) is 9.47 Å². The Kier molecular flexibility index (Phi) is 5.47. The minimum atomic E-state index is -0.598. The molecule has 1 aliphatic heterocycles. The van der Waals surface area contributed by atoms with Crippen LogP contribution < -0.4 is 4.74 Å². The average molecular weight is 321 g/mol. The third-order valence-electron chi connectivity index (χ3n) is 3.76. The van der Waals surface area contributed by atoms with Crippen LogP contribution in [0.1, 0.15) is 53.8 Å². The van der Waals surface area contributed by atoms with Gasteiger partial charge in [-0.25, -0.2) is 4.79 Å². The number of piperidine rings is 1. The number of aromatic hydroxyl groups is 1. The second-order valence-electron chi connectivity index (χ2n) is 5.88. The highest BCUT2D eigenvalue weighted by Gasteiger charge is 2.26. The van der Waals surface area contributed by atoms with Crippen molar-refractivity contribution in [2.45, 2.75) is 39.2 Å². The van der Waals surface area contributed by atoms with E-state index in [1.54, 1.807) is 18.7 Å². The highest BCUT2D eigenvalue weighted by Crippen LogP contribution is 2.31. The maximum atomic E-state index is 12.7. The molecule has 2 rings (SSSR count). The Bertz CT molecular complexity index is 591. The summed E-state index contributed by atoms with van der Waals surface area (Å²) in [5.41, 5.74) is 0.264. The molecule has 0 saturated carbocycles. The molecular weight excluding hydrogens is 298 g/mol. The predicted octanol–water partition coefficient (Wildman–Crippen LogP) is 2.59. The van der Waals surface area contributed by atoms with E-state index < -0.39 is 5.97 Å². The molecule has 23 heavy (non-hydrogen) atoms. The zero-order chi connectivity index (χ0) is 17.0. The number of likely N-dealkylation sites (tertiary alicyclic amines) is 1. The molecule has 1 fully saturated rings. The first-order valence-electron chi connectivity index (χ1n) is 7.85. The number of hydrogen-bond donors (Lipinski definition) is 1. The lowest BCUT2D eigenvalue weighted by Gasteiger charge is -2.27. The Morgan fingerprint density at radius 2 is 1.78 bits per heavy atom. The lowest BCUT2D eigenvalue weighted by atomic mass is 10.0. The molecule has 0 atom stereocenters. The van der Waals surface area contributed by atoms with Crippen LogP contribution in [0.2, 0.25) is 0 Å². The minimum absolute atomic E-state index is 0.115. The monoisotopic (exact) mass is 321 g/mol. The van der Waals surface area contributed by atoms with Gasteiger partial charge >= 0.3 is 5.97 Å². The van der Waals surface area contributed by atoms with Crippen LogP contribution in [0.3, 0.4) is 0 Å². The minimum Gasteiger partial charge on any atom is -0.504 e. The molecule has 126 valence electrons. The van der Waals surface area contributed by atoms with E-state index in [-0.39, 0.29) is 34.6 Å². The van der Waals surface area contributed by atoms with Gasteiger partial charge in [-0.05, 0) is 45.2 Å². The van der Waals surface area contributed by atoms with Crippen LogP contribution in [0.5, 0.6) is 11.5 Å². The van der Waals surface area contributed by atoms with Gasteiger partial charge in [0.15, 0.2) is 11.5 Å². The fourth-order valence-corrected chi connectivity index (χ4v) is 2.62. The topological polar surface area (TPSA) is 76.1 Å². The van der Waals surface area contributed by atoms with E-state index in [0.29, 0.717) is 13.1 Å². The SMILES string of the molecule is COc1cc(C(=O)OC(C)C)c(C(=O)N2CCCCC2)cc1O. The second kappa shape index (κ2) is 7.35. The molecule has 1 N–H and O–H groups in total. The molecule has 6 heteroatoms. The fourth-order valence-electron chi connectivity index (χ4n) is 2.62. The Morgan fingerprint density at radius 3 is 2.35 bits per heavy atom. The van der Waals surface area contributed by atoms with Crippen LogP contribution in [0.25, 0.3) is 0 Å². The second-order valence-corrected chi connectivity index (χ2v) is 5.88. The number of nitrogens with zero attached hydrogens (tertiary/aromatic N) is 1. The molecule has 1 amide bonds. The fraction of sp³-hybridized carbons (Fsp3) is 0.529. The van der Waals surface area contributed by atoms with E-state index in [2.05, 4.69) is 0 Å². The molecule has 0 aliphatic carbocycles. The molecule has 0 aromatic heterocycles. The summed E-state index contributed by atoms with van der Waals surface area (Å²) in [5, 5.41) is 9.98. The Hall–Kier alpha value is -2.24. The van der Waals surface area contributed by atoms with Crippen molar-refractivity contribution >= 4 is 11.9 Å². The number of hydrogen-bond acceptors (Lipinski definition) is 5. The summed E-state index contributed by atoms with van der Waals surface area (Å²) in [6, 6.07) is 2.64. The number of esters is 1. The van der Waals surface area contributed by atoms with Crippen molar-refractivity contribution in [2.24, 2.45) is 0 Å². The highest BCUT2D eigenvalue weighted by molar-refractivity contribution is 6.06. The quantitative estimate of drug-likeness (QED) is 0.863. The maximum Gasteiger partial charge on any atom is 0.339 e. The zero-order valence-electron chi connectivity index (χ0n) is 13.8. The number of rotatable bonds is 4. The number of ether oxygens (including phenoxy) is 2. The summed E-state index contributed by atoms with van der Waals surface area (Å²) in [6.45, 7) is 4.79. The summed E-state index contributed by atoms with van der Waals surface area (Å²) in [6.07, 6.45) is 2.68. The van der Waals surface area contributed by atoms with Gasteiger partial charge in [0.25, 0.3) is 5.91 Å². The van der Waals surface area contributed by atoms with E-state index >= 15 is 0 Å². The van der Waals surface area contributed by atoms with E-state index in [1.807, 2.05) is 0 Å². The largest absolute Gasteiger partial charge is 0.504 e. The molecule has 1 aliphatic rings. The van der Waals surface area contributed by atoms with Gasteiger partial charge in [-0.15, -0.1) is 0 Å². The van der Waals surface area contributed by atoms with Crippen molar-refractivity contribution in [1.29, 1.82) is 0 Å². The molecule has 1 heterocycles. The van der Waals surface area contributed by atoms with Gasteiger partial charge in [0.2, 0.25) is 0 Å². The van der Waals surface area contributed by atoms with Crippen LogP contribution in [-0.4, -0.2) is 48.2 Å². The van der Waals surface area contributed by atoms with Crippen LogP contribution in [0, 0.1) is 0 Å². The summed E-state index contributed by atoms with van der Waals surface area (Å²) in [5.74, 6) is -0.901. The summed E-state index contributed by atoms with van der Waals surface area (Å²) in [7, 11) is 1.39. The van der Waals surface area contributed by atoms with Crippen LogP contribution in [0.15, 0.2) is 12.1 Å². The Balaban J connectivity index is 2.41. The van der Waals surface area contributed by atoms with Crippen molar-refractivity contribution in [1.82, 2.24) is 4.90 Å². The molecular formula is C17H23NO5. The predicted molar refractivity (Wildman–Crippen MR) is 85.0 cm³/mol. The Labute approximate surface area is 136 Å². The normalized spacial score (nSPS) is 14.7. The number of benzene rings is 1. The number of carbonyl (C=O) groups is 2. The first-order chi connectivity index (χ1) is 10.9. The maximum absolute atomic E-state index is 12.7. The molecule has 6 nitrogen and oxygen atoms in total. The first-order valence-corrected chi connectivity index (χ1v) is 7.85. The van der Waals surface area contributed by atoms with Crippen molar-refractivity contribution in [3.8, 4) is 11.5 Å². The van der Waals surface area contributed by atoms with Crippen molar-refractivity contribution in [2.75, 3.05) is 20.2 Å². The molecule has 1 aromatic carbocycles. The Morgan fingerprint density at radius 1 is 1.13 bits per heavy atom. The van der Waals surface area contributed by atoms with Crippen LogP contribution in [0.4, 0.5) is 0 Å². The third-order valence-corrected chi connectivity index (χ3v) is 3.76. The van der Waals surface area contributed by atoms with E-state index in [0.717, 1.165) is 19.3 Å². The van der Waals surface area contributed by atoms with Crippen LogP contribution >= 0.6 is 0 Å². The van der Waals surface area contributed by atoms with Gasteiger partial charge in [0.05, 0.1) is 24.3 Å². The summed E-state index contributed by atoms with van der Waals surface area (Å²) < 4.78 is 10.2. The lowest BCUT2D eigenvalue weighted by Crippen LogP contribution is -2.36. The molecule has 1 saturated heterocycles. The van der Waals surface area contributed by atoms with Gasteiger partial charge < -0.3 is 19.5 Å². The van der Waals surface area contributed by atoms with Crippen molar-refractivity contribution in [3.63, 3.8) is 0 Å². The van der Waals surface area contributed by atoms with E-state index in [9.17, 15) is 14.7 Å². The lowest BCUT2D eigenvalue weighted by molar-refractivity contribution is 0.0372. The number of amides is 1. The molecule has 0 spiro atoms. The first kappa shape index (κ1) is 17.1. The van der Waals surface area contributed by atoms with Gasteiger partial charge in [0.1, 0.15) is 0 Å². The number of methoxy groups -OCH3 is 1.